The molecule has 1 aromatic carbocycles. The van der Waals surface area contributed by atoms with Crippen molar-refractivity contribution in [2.45, 2.75) is 32.6 Å². The van der Waals surface area contributed by atoms with Gasteiger partial charge in [0.15, 0.2) is 6.29 Å². The van der Waals surface area contributed by atoms with Gasteiger partial charge < -0.3 is 4.74 Å². The van der Waals surface area contributed by atoms with E-state index in [1.54, 1.807) is 23.9 Å². The minimum absolute atomic E-state index is 0.223. The summed E-state index contributed by atoms with van der Waals surface area (Å²) in [6.07, 6.45) is 2.57. The van der Waals surface area contributed by atoms with E-state index in [0.717, 1.165) is 30.5 Å². The van der Waals surface area contributed by atoms with Gasteiger partial charge in [0.25, 0.3) is 0 Å². The van der Waals surface area contributed by atoms with Crippen LogP contribution in [0.15, 0.2) is 18.2 Å². The molecule has 0 saturated carbocycles. The van der Waals surface area contributed by atoms with Crippen molar-refractivity contribution in [3.63, 3.8) is 0 Å². The van der Waals surface area contributed by atoms with Crippen LogP contribution in [0, 0.1) is 0 Å². The molecule has 0 saturated heterocycles. The lowest BCUT2D eigenvalue weighted by molar-refractivity contribution is 0.111. The Morgan fingerprint density at radius 2 is 2.10 bits per heavy atom. The fourth-order valence-corrected chi connectivity index (χ4v) is 2.67. The second-order valence-corrected chi connectivity index (χ2v) is 5.13. The molecule has 112 valence electrons. The minimum atomic E-state index is 0.223. The van der Waals surface area contributed by atoms with Gasteiger partial charge in [-0.05, 0) is 31.0 Å². The van der Waals surface area contributed by atoms with Gasteiger partial charge in [0, 0.05) is 5.92 Å². The van der Waals surface area contributed by atoms with Crippen LogP contribution in [0.2, 0.25) is 5.02 Å². The standard InChI is InChI=1S/C15H18ClN3O2/c1-4-10(5-2)15-13(9-20)17-18-19(15)11-6-7-14(21-3)12(16)8-11/h6-10H,4-5H2,1-3H3. The molecule has 2 rings (SSSR count). The number of halogens is 1. The Balaban J connectivity index is 2.56. The molecule has 0 aliphatic heterocycles. The maximum Gasteiger partial charge on any atom is 0.172 e. The molecule has 0 atom stereocenters. The molecule has 0 spiro atoms. The number of carbonyl (C=O) groups is 1. The SMILES string of the molecule is CCC(CC)c1c(C=O)nnn1-c1ccc(OC)c(Cl)c1. The van der Waals surface area contributed by atoms with Gasteiger partial charge in [-0.25, -0.2) is 4.68 Å². The smallest absolute Gasteiger partial charge is 0.172 e. The Morgan fingerprint density at radius 3 is 2.62 bits per heavy atom. The number of hydrogen-bond donors (Lipinski definition) is 0. The Kier molecular flexibility index (Phi) is 4.96. The van der Waals surface area contributed by atoms with Gasteiger partial charge in [0.05, 0.1) is 23.5 Å². The summed E-state index contributed by atoms with van der Waals surface area (Å²) in [6, 6.07) is 5.38. The summed E-state index contributed by atoms with van der Waals surface area (Å²) >= 11 is 6.16. The van der Waals surface area contributed by atoms with E-state index in [-0.39, 0.29) is 5.92 Å². The normalized spacial score (nSPS) is 10.9. The second kappa shape index (κ2) is 6.72. The molecule has 0 bridgehead atoms. The Labute approximate surface area is 128 Å². The monoisotopic (exact) mass is 307 g/mol. The van der Waals surface area contributed by atoms with Crippen LogP contribution in [0.4, 0.5) is 0 Å². The first-order valence-electron chi connectivity index (χ1n) is 6.90. The van der Waals surface area contributed by atoms with E-state index in [1.165, 1.54) is 0 Å². The number of hydrogen-bond acceptors (Lipinski definition) is 4. The van der Waals surface area contributed by atoms with Gasteiger partial charge in [0.2, 0.25) is 0 Å². The highest BCUT2D eigenvalue weighted by Crippen LogP contribution is 2.30. The fourth-order valence-electron chi connectivity index (χ4n) is 2.42. The van der Waals surface area contributed by atoms with Crippen LogP contribution in [0.1, 0.15) is 48.8 Å². The summed E-state index contributed by atoms with van der Waals surface area (Å²) in [5.74, 6) is 0.821. The zero-order valence-corrected chi connectivity index (χ0v) is 13.1. The first-order valence-corrected chi connectivity index (χ1v) is 7.28. The zero-order chi connectivity index (χ0) is 15.4. The van der Waals surface area contributed by atoms with E-state index in [2.05, 4.69) is 24.2 Å². The van der Waals surface area contributed by atoms with Crippen molar-refractivity contribution in [3.8, 4) is 11.4 Å². The van der Waals surface area contributed by atoms with E-state index in [1.807, 2.05) is 6.07 Å². The van der Waals surface area contributed by atoms with Crippen LogP contribution in [-0.4, -0.2) is 28.4 Å². The third kappa shape index (κ3) is 2.93. The number of aldehydes is 1. The summed E-state index contributed by atoms with van der Waals surface area (Å²) in [7, 11) is 1.57. The lowest BCUT2D eigenvalue weighted by atomic mass is 9.97. The lowest BCUT2D eigenvalue weighted by Gasteiger charge is -2.15. The highest BCUT2D eigenvalue weighted by atomic mass is 35.5. The molecule has 0 amide bonds. The van der Waals surface area contributed by atoms with Gasteiger partial charge >= 0.3 is 0 Å². The molecule has 6 heteroatoms. The number of benzene rings is 1. The minimum Gasteiger partial charge on any atom is -0.495 e. The van der Waals surface area contributed by atoms with Crippen LogP contribution in [0.25, 0.3) is 5.69 Å². The van der Waals surface area contributed by atoms with Gasteiger partial charge in [-0.15, -0.1) is 5.10 Å². The van der Waals surface area contributed by atoms with E-state index in [9.17, 15) is 4.79 Å². The highest BCUT2D eigenvalue weighted by molar-refractivity contribution is 6.32. The molecule has 0 unspecified atom stereocenters. The molecular formula is C15H18ClN3O2. The average molecular weight is 308 g/mol. The summed E-state index contributed by atoms with van der Waals surface area (Å²) in [5, 5.41) is 8.57. The first-order chi connectivity index (χ1) is 10.2. The van der Waals surface area contributed by atoms with Crippen molar-refractivity contribution in [3.05, 3.63) is 34.6 Å². The van der Waals surface area contributed by atoms with Crippen molar-refractivity contribution in [2.75, 3.05) is 7.11 Å². The second-order valence-electron chi connectivity index (χ2n) is 4.72. The Bertz CT molecular complexity index is 636. The third-order valence-electron chi connectivity index (χ3n) is 3.60. The fraction of sp³-hybridized carbons (Fsp3) is 0.400. The van der Waals surface area contributed by atoms with E-state index < -0.39 is 0 Å². The maximum absolute atomic E-state index is 11.2. The van der Waals surface area contributed by atoms with Crippen LogP contribution in [-0.2, 0) is 0 Å². The lowest BCUT2D eigenvalue weighted by Crippen LogP contribution is -2.09. The summed E-state index contributed by atoms with van der Waals surface area (Å²) in [6.45, 7) is 4.17. The molecule has 1 heterocycles. The van der Waals surface area contributed by atoms with E-state index in [4.69, 9.17) is 16.3 Å². The van der Waals surface area contributed by atoms with Gasteiger partial charge in [-0.3, -0.25) is 4.79 Å². The molecule has 0 N–H and O–H groups in total. The van der Waals surface area contributed by atoms with E-state index in [0.29, 0.717) is 16.5 Å². The van der Waals surface area contributed by atoms with E-state index >= 15 is 0 Å². The Morgan fingerprint density at radius 1 is 1.38 bits per heavy atom. The number of methoxy groups -OCH3 is 1. The van der Waals surface area contributed by atoms with Crippen LogP contribution in [0.3, 0.4) is 0 Å². The predicted octanol–water partition coefficient (Wildman–Crippen LogP) is 3.65. The van der Waals surface area contributed by atoms with Gasteiger partial charge in [-0.1, -0.05) is 30.7 Å². The number of ether oxygens (including phenoxy) is 1. The van der Waals surface area contributed by atoms with Gasteiger partial charge in [-0.2, -0.15) is 0 Å². The molecule has 0 aliphatic carbocycles. The van der Waals surface area contributed by atoms with Crippen LogP contribution in [0.5, 0.6) is 5.75 Å². The zero-order valence-electron chi connectivity index (χ0n) is 12.3. The largest absolute Gasteiger partial charge is 0.495 e. The summed E-state index contributed by atoms with van der Waals surface area (Å²) in [5.41, 5.74) is 1.98. The molecule has 0 aliphatic rings. The maximum atomic E-state index is 11.2. The van der Waals surface area contributed by atoms with Gasteiger partial charge in [0.1, 0.15) is 11.4 Å². The molecule has 5 nitrogen and oxygen atoms in total. The molecule has 21 heavy (non-hydrogen) atoms. The number of aromatic nitrogens is 3. The molecule has 0 radical (unpaired) electrons. The summed E-state index contributed by atoms with van der Waals surface area (Å²) in [4.78, 5) is 11.2. The Hall–Kier alpha value is -1.88. The van der Waals surface area contributed by atoms with Crippen LogP contribution >= 0.6 is 11.6 Å². The van der Waals surface area contributed by atoms with Crippen molar-refractivity contribution in [2.24, 2.45) is 0 Å². The molecule has 2 aromatic rings. The van der Waals surface area contributed by atoms with Crippen molar-refractivity contribution < 1.29 is 9.53 Å². The average Bonchev–Trinajstić information content (AvgIpc) is 2.92. The molecule has 0 fully saturated rings. The topological polar surface area (TPSA) is 57.0 Å². The molecule has 1 aromatic heterocycles. The predicted molar refractivity (Wildman–Crippen MR) is 81.6 cm³/mol. The first kappa shape index (κ1) is 15.5. The third-order valence-corrected chi connectivity index (χ3v) is 3.89. The quantitative estimate of drug-likeness (QED) is 0.764. The molecular weight excluding hydrogens is 290 g/mol. The van der Waals surface area contributed by atoms with Crippen molar-refractivity contribution >= 4 is 17.9 Å². The summed E-state index contributed by atoms with van der Waals surface area (Å²) < 4.78 is 6.84. The van der Waals surface area contributed by atoms with Crippen LogP contribution < -0.4 is 4.74 Å². The van der Waals surface area contributed by atoms with Crippen molar-refractivity contribution in [1.82, 2.24) is 15.0 Å². The number of rotatable bonds is 6. The van der Waals surface area contributed by atoms with Crippen molar-refractivity contribution in [1.29, 1.82) is 0 Å². The number of carbonyl (C=O) groups excluding carboxylic acids is 1. The number of nitrogens with zero attached hydrogens (tertiary/aromatic N) is 3. The highest BCUT2D eigenvalue weighted by Gasteiger charge is 2.21.